The lowest BCUT2D eigenvalue weighted by Crippen LogP contribution is -2.11. The summed E-state index contributed by atoms with van der Waals surface area (Å²) in [6.07, 6.45) is 26.9. The SMILES string of the molecule is CCCCC(CC)C(=O)O.CCCCCCCCC=CCCCCCCCCO. The van der Waals surface area contributed by atoms with Crippen LogP contribution in [-0.4, -0.2) is 22.8 Å². The fraction of sp³-hybridized carbons (Fsp3) is 0.885. The molecule has 0 saturated carbocycles. The topological polar surface area (TPSA) is 57.5 Å². The summed E-state index contributed by atoms with van der Waals surface area (Å²) in [6.45, 7) is 6.64. The summed E-state index contributed by atoms with van der Waals surface area (Å²) in [5, 5.41) is 17.3. The zero-order valence-corrected chi connectivity index (χ0v) is 20.0. The summed E-state index contributed by atoms with van der Waals surface area (Å²) in [5.41, 5.74) is 0. The maximum absolute atomic E-state index is 10.4. The Morgan fingerprint density at radius 1 is 0.690 bits per heavy atom. The molecule has 0 aliphatic carbocycles. The number of carboxylic acids is 1. The smallest absolute Gasteiger partial charge is 0.306 e. The number of carboxylic acid groups (broad SMARTS) is 1. The maximum atomic E-state index is 10.4. The van der Waals surface area contributed by atoms with E-state index < -0.39 is 5.97 Å². The molecule has 0 aromatic carbocycles. The number of aliphatic hydroxyl groups is 1. The number of carbonyl (C=O) groups is 1. The van der Waals surface area contributed by atoms with Crippen LogP contribution in [0.4, 0.5) is 0 Å². The van der Waals surface area contributed by atoms with E-state index in [-0.39, 0.29) is 5.92 Å². The van der Waals surface area contributed by atoms with Crippen LogP contribution in [0.1, 0.15) is 136 Å². The monoisotopic (exact) mass is 412 g/mol. The summed E-state index contributed by atoms with van der Waals surface area (Å²) in [7, 11) is 0. The first-order chi connectivity index (χ1) is 14.1. The van der Waals surface area contributed by atoms with E-state index in [1.54, 1.807) is 0 Å². The number of aliphatic hydroxyl groups excluding tert-OH is 1. The van der Waals surface area contributed by atoms with Gasteiger partial charge in [0.15, 0.2) is 0 Å². The molecule has 2 N–H and O–H groups in total. The van der Waals surface area contributed by atoms with E-state index in [0.29, 0.717) is 6.61 Å². The number of rotatable bonds is 20. The summed E-state index contributed by atoms with van der Waals surface area (Å²) >= 11 is 0. The normalized spacial score (nSPS) is 12.0. The summed E-state index contributed by atoms with van der Waals surface area (Å²) in [6, 6.07) is 0. The Hall–Kier alpha value is -0.830. The summed E-state index contributed by atoms with van der Waals surface area (Å²) in [5.74, 6) is -0.754. The highest BCUT2D eigenvalue weighted by molar-refractivity contribution is 5.69. The molecule has 0 aromatic rings. The quantitative estimate of drug-likeness (QED) is 0.156. The zero-order valence-electron chi connectivity index (χ0n) is 20.0. The Morgan fingerprint density at radius 2 is 1.14 bits per heavy atom. The van der Waals surface area contributed by atoms with Crippen molar-refractivity contribution in [2.24, 2.45) is 5.92 Å². The molecule has 0 spiro atoms. The minimum atomic E-state index is -0.643. The van der Waals surface area contributed by atoms with E-state index in [0.717, 1.165) is 32.1 Å². The highest BCUT2D eigenvalue weighted by Gasteiger charge is 2.12. The molecule has 0 rings (SSSR count). The van der Waals surface area contributed by atoms with Crippen molar-refractivity contribution in [1.29, 1.82) is 0 Å². The largest absolute Gasteiger partial charge is 0.481 e. The second-order valence-electron chi connectivity index (χ2n) is 8.25. The second-order valence-corrected chi connectivity index (χ2v) is 8.25. The highest BCUT2D eigenvalue weighted by Crippen LogP contribution is 2.12. The fourth-order valence-corrected chi connectivity index (χ4v) is 3.31. The maximum Gasteiger partial charge on any atom is 0.306 e. The van der Waals surface area contributed by atoms with Gasteiger partial charge in [-0.3, -0.25) is 4.79 Å². The number of unbranched alkanes of at least 4 members (excludes halogenated alkanes) is 13. The van der Waals surface area contributed by atoms with Gasteiger partial charge in [0.05, 0.1) is 5.92 Å². The minimum absolute atomic E-state index is 0.111. The van der Waals surface area contributed by atoms with Gasteiger partial charge < -0.3 is 10.2 Å². The van der Waals surface area contributed by atoms with Crippen LogP contribution < -0.4 is 0 Å². The van der Waals surface area contributed by atoms with Crippen molar-refractivity contribution < 1.29 is 15.0 Å². The van der Waals surface area contributed by atoms with Crippen molar-refractivity contribution >= 4 is 5.97 Å². The van der Waals surface area contributed by atoms with Crippen molar-refractivity contribution in [3.63, 3.8) is 0 Å². The minimum Gasteiger partial charge on any atom is -0.481 e. The van der Waals surface area contributed by atoms with Crippen molar-refractivity contribution in [2.45, 2.75) is 136 Å². The van der Waals surface area contributed by atoms with E-state index >= 15 is 0 Å². The summed E-state index contributed by atoms with van der Waals surface area (Å²) < 4.78 is 0. The van der Waals surface area contributed by atoms with E-state index in [1.165, 1.54) is 83.5 Å². The molecule has 0 heterocycles. The first-order valence-electron chi connectivity index (χ1n) is 12.6. The van der Waals surface area contributed by atoms with E-state index in [2.05, 4.69) is 26.0 Å². The van der Waals surface area contributed by atoms with Crippen LogP contribution in [0.2, 0.25) is 0 Å². The standard InChI is InChI=1S/C18H36O.C8H16O2/c1-2-3-4-5-6-7-8-9-10-11-12-13-14-15-16-17-18-19;1-3-5-6-7(4-2)8(9)10/h9-10,19H,2-8,11-18H2,1H3;7H,3-6H2,1-2H3,(H,9,10). The van der Waals surface area contributed by atoms with E-state index in [4.69, 9.17) is 10.2 Å². The van der Waals surface area contributed by atoms with Crippen LogP contribution >= 0.6 is 0 Å². The fourth-order valence-electron chi connectivity index (χ4n) is 3.31. The van der Waals surface area contributed by atoms with Gasteiger partial charge in [-0.05, 0) is 44.9 Å². The first kappa shape index (κ1) is 30.4. The third-order valence-corrected chi connectivity index (χ3v) is 5.42. The molecule has 0 radical (unpaired) electrons. The molecule has 0 aliphatic heterocycles. The van der Waals surface area contributed by atoms with Crippen molar-refractivity contribution in [1.82, 2.24) is 0 Å². The lowest BCUT2D eigenvalue weighted by Gasteiger charge is -2.06. The molecule has 0 saturated heterocycles. The second kappa shape index (κ2) is 27.2. The Bertz CT molecular complexity index is 339. The average molecular weight is 413 g/mol. The third kappa shape index (κ3) is 27.2. The zero-order chi connectivity index (χ0) is 22.0. The lowest BCUT2D eigenvalue weighted by molar-refractivity contribution is -0.142. The van der Waals surface area contributed by atoms with Crippen LogP contribution in [0.15, 0.2) is 12.2 Å². The van der Waals surface area contributed by atoms with Gasteiger partial charge in [0.1, 0.15) is 0 Å². The average Bonchev–Trinajstić information content (AvgIpc) is 2.72. The summed E-state index contributed by atoms with van der Waals surface area (Å²) in [4.78, 5) is 10.4. The molecule has 0 fully saturated rings. The molecule has 1 atom stereocenters. The molecule has 3 nitrogen and oxygen atoms in total. The van der Waals surface area contributed by atoms with E-state index in [9.17, 15) is 4.79 Å². The van der Waals surface area contributed by atoms with Crippen molar-refractivity contribution in [2.75, 3.05) is 6.61 Å². The first-order valence-corrected chi connectivity index (χ1v) is 12.6. The van der Waals surface area contributed by atoms with Crippen LogP contribution in [0.5, 0.6) is 0 Å². The van der Waals surface area contributed by atoms with Gasteiger partial charge in [-0.2, -0.15) is 0 Å². The molecule has 0 aromatic heterocycles. The molecule has 3 heteroatoms. The highest BCUT2D eigenvalue weighted by atomic mass is 16.4. The van der Waals surface area contributed by atoms with Gasteiger partial charge in [-0.1, -0.05) is 104 Å². The van der Waals surface area contributed by atoms with Gasteiger partial charge in [-0.25, -0.2) is 0 Å². The number of hydrogen-bond donors (Lipinski definition) is 2. The molecule has 1 unspecified atom stereocenters. The molecular weight excluding hydrogens is 360 g/mol. The Morgan fingerprint density at radius 3 is 1.55 bits per heavy atom. The lowest BCUT2D eigenvalue weighted by atomic mass is 10.00. The predicted octanol–water partition coefficient (Wildman–Crippen LogP) is 8.30. The molecule has 0 bridgehead atoms. The van der Waals surface area contributed by atoms with Crippen molar-refractivity contribution in [3.8, 4) is 0 Å². The number of hydrogen-bond acceptors (Lipinski definition) is 2. The van der Waals surface area contributed by atoms with Crippen LogP contribution in [0, 0.1) is 5.92 Å². The van der Waals surface area contributed by atoms with Gasteiger partial charge >= 0.3 is 5.97 Å². The molecule has 0 aliphatic rings. The molecular formula is C26H52O3. The van der Waals surface area contributed by atoms with Crippen LogP contribution in [0.3, 0.4) is 0 Å². The molecule has 174 valence electrons. The number of aliphatic carboxylic acids is 1. The Labute approximate surface area is 182 Å². The molecule has 29 heavy (non-hydrogen) atoms. The van der Waals surface area contributed by atoms with Crippen molar-refractivity contribution in [3.05, 3.63) is 12.2 Å². The Kier molecular flexibility index (Phi) is 28.4. The third-order valence-electron chi connectivity index (χ3n) is 5.42. The van der Waals surface area contributed by atoms with E-state index in [1.807, 2.05) is 6.92 Å². The number of allylic oxidation sites excluding steroid dienone is 2. The van der Waals surface area contributed by atoms with Crippen LogP contribution in [0.25, 0.3) is 0 Å². The van der Waals surface area contributed by atoms with Gasteiger partial charge in [0.25, 0.3) is 0 Å². The predicted molar refractivity (Wildman–Crippen MR) is 127 cm³/mol. The Balaban J connectivity index is 0. The van der Waals surface area contributed by atoms with Gasteiger partial charge in [-0.15, -0.1) is 0 Å². The molecule has 0 amide bonds. The van der Waals surface area contributed by atoms with Gasteiger partial charge in [0, 0.05) is 6.61 Å². The van der Waals surface area contributed by atoms with Crippen LogP contribution in [-0.2, 0) is 4.79 Å². The van der Waals surface area contributed by atoms with Gasteiger partial charge in [0.2, 0.25) is 0 Å².